The van der Waals surface area contributed by atoms with Crippen LogP contribution in [-0.4, -0.2) is 26.4 Å². The van der Waals surface area contributed by atoms with Crippen molar-refractivity contribution in [2.24, 2.45) is 0 Å². The molecule has 2 aromatic rings. The van der Waals surface area contributed by atoms with E-state index in [1.807, 2.05) is 19.9 Å². The molecule has 2 rings (SSSR count). The lowest BCUT2D eigenvalue weighted by molar-refractivity contribution is -0.119. The molecule has 0 saturated carbocycles. The van der Waals surface area contributed by atoms with E-state index in [0.29, 0.717) is 17.5 Å². The smallest absolute Gasteiger partial charge is 0.343 e. The maximum Gasteiger partial charge on any atom is 0.343 e. The van der Waals surface area contributed by atoms with Crippen molar-refractivity contribution in [2.75, 3.05) is 5.75 Å². The second-order valence-electron chi connectivity index (χ2n) is 4.56. The van der Waals surface area contributed by atoms with E-state index in [1.54, 1.807) is 12.3 Å². The molecule has 2 N–H and O–H groups in total. The highest BCUT2D eigenvalue weighted by atomic mass is 32.2. The lowest BCUT2D eigenvalue weighted by Crippen LogP contribution is -2.28. The van der Waals surface area contributed by atoms with Crippen molar-refractivity contribution in [2.45, 2.75) is 38.0 Å². The van der Waals surface area contributed by atoms with Crippen molar-refractivity contribution < 1.29 is 9.21 Å². The van der Waals surface area contributed by atoms with Gasteiger partial charge in [-0.15, -0.1) is 5.10 Å². The summed E-state index contributed by atoms with van der Waals surface area (Å²) >= 11 is 1.23. The minimum absolute atomic E-state index is 0.137. The van der Waals surface area contributed by atoms with Crippen LogP contribution in [-0.2, 0) is 11.3 Å². The summed E-state index contributed by atoms with van der Waals surface area (Å²) in [4.78, 5) is 23.4. The fourth-order valence-corrected chi connectivity index (χ4v) is 2.64. The van der Waals surface area contributed by atoms with Crippen molar-refractivity contribution in [1.29, 1.82) is 0 Å². The Labute approximate surface area is 126 Å². The van der Waals surface area contributed by atoms with Gasteiger partial charge in [0.05, 0.1) is 18.1 Å². The number of nitrogens with one attached hydrogen (secondary N) is 2. The topological polar surface area (TPSA) is 92.9 Å². The van der Waals surface area contributed by atoms with Crippen LogP contribution >= 0.6 is 11.8 Å². The molecule has 0 spiro atoms. The number of aromatic amines is 1. The van der Waals surface area contributed by atoms with Gasteiger partial charge in [-0.2, -0.15) is 0 Å². The van der Waals surface area contributed by atoms with Crippen LogP contribution in [0, 0.1) is 0 Å². The molecule has 0 aliphatic heterocycles. The number of carbonyl (C=O) groups is 1. The summed E-state index contributed by atoms with van der Waals surface area (Å²) < 4.78 is 6.76. The van der Waals surface area contributed by atoms with Crippen molar-refractivity contribution in [3.05, 3.63) is 34.6 Å². The highest BCUT2D eigenvalue weighted by Gasteiger charge is 2.14. The van der Waals surface area contributed by atoms with Gasteiger partial charge in [0.2, 0.25) is 5.91 Å². The van der Waals surface area contributed by atoms with Crippen LogP contribution in [0.2, 0.25) is 0 Å². The quantitative estimate of drug-likeness (QED) is 0.757. The third kappa shape index (κ3) is 4.01. The lowest BCUT2D eigenvalue weighted by atomic mass is 10.2. The van der Waals surface area contributed by atoms with Crippen molar-refractivity contribution in [3.63, 3.8) is 0 Å². The number of nitrogens with zero attached hydrogens (tertiary/aromatic N) is 2. The van der Waals surface area contributed by atoms with Crippen LogP contribution in [0.15, 0.2) is 32.8 Å². The lowest BCUT2D eigenvalue weighted by Gasteiger charge is -2.11. The van der Waals surface area contributed by atoms with Crippen molar-refractivity contribution >= 4 is 17.7 Å². The van der Waals surface area contributed by atoms with Gasteiger partial charge in [0.25, 0.3) is 0 Å². The zero-order valence-corrected chi connectivity index (χ0v) is 12.8. The first kappa shape index (κ1) is 15.4. The normalized spacial score (nSPS) is 12.3. The van der Waals surface area contributed by atoms with Gasteiger partial charge in [-0.1, -0.05) is 18.7 Å². The first-order valence-corrected chi connectivity index (χ1v) is 7.71. The van der Waals surface area contributed by atoms with Gasteiger partial charge in [-0.25, -0.2) is 9.89 Å². The molecule has 0 aliphatic rings. The van der Waals surface area contributed by atoms with E-state index < -0.39 is 0 Å². The van der Waals surface area contributed by atoms with Crippen LogP contribution < -0.4 is 11.0 Å². The molecule has 0 saturated heterocycles. The van der Waals surface area contributed by atoms with Gasteiger partial charge in [0.15, 0.2) is 5.16 Å². The van der Waals surface area contributed by atoms with Crippen LogP contribution in [0.1, 0.15) is 32.1 Å². The first-order chi connectivity index (χ1) is 10.1. The first-order valence-electron chi connectivity index (χ1n) is 6.72. The minimum Gasteiger partial charge on any atom is -0.467 e. The summed E-state index contributed by atoms with van der Waals surface area (Å²) in [6.07, 6.45) is 2.40. The summed E-state index contributed by atoms with van der Waals surface area (Å²) in [5.41, 5.74) is -0.247. The van der Waals surface area contributed by atoms with E-state index in [2.05, 4.69) is 15.5 Å². The molecule has 0 aliphatic carbocycles. The van der Waals surface area contributed by atoms with Crippen LogP contribution in [0.25, 0.3) is 0 Å². The van der Waals surface area contributed by atoms with Crippen LogP contribution in [0.5, 0.6) is 0 Å². The standard InChI is InChI=1S/C13H18N4O3S/c1-3-6-17-12(19)15-16-13(17)21-8-11(18)14-9(2)10-5-4-7-20-10/h4-5,7,9H,3,6,8H2,1-2H3,(H,14,18)(H,15,19)/t9-/m0/s1. The molecule has 0 aromatic carbocycles. The van der Waals surface area contributed by atoms with Gasteiger partial charge in [-0.3, -0.25) is 9.36 Å². The Balaban J connectivity index is 1.88. The third-order valence-corrected chi connectivity index (χ3v) is 3.83. The largest absolute Gasteiger partial charge is 0.467 e. The molecule has 8 heteroatoms. The Morgan fingerprint density at radius 3 is 3.10 bits per heavy atom. The number of thioether (sulfide) groups is 1. The summed E-state index contributed by atoms with van der Waals surface area (Å²) in [7, 11) is 0. The number of aromatic nitrogens is 3. The maximum absolute atomic E-state index is 11.9. The molecule has 21 heavy (non-hydrogen) atoms. The fourth-order valence-electron chi connectivity index (χ4n) is 1.86. The molecule has 0 fully saturated rings. The van der Waals surface area contributed by atoms with E-state index in [1.165, 1.54) is 16.3 Å². The number of rotatable bonds is 7. The minimum atomic E-state index is -0.247. The van der Waals surface area contributed by atoms with Gasteiger partial charge < -0.3 is 9.73 Å². The Kier molecular flexibility index (Phi) is 5.26. The zero-order chi connectivity index (χ0) is 15.2. The average molecular weight is 310 g/mol. The van der Waals surface area contributed by atoms with Crippen LogP contribution in [0.4, 0.5) is 0 Å². The highest BCUT2D eigenvalue weighted by molar-refractivity contribution is 7.99. The molecule has 114 valence electrons. The van der Waals surface area contributed by atoms with Gasteiger partial charge in [0, 0.05) is 6.54 Å². The van der Waals surface area contributed by atoms with E-state index >= 15 is 0 Å². The molecular formula is C13H18N4O3S. The zero-order valence-electron chi connectivity index (χ0n) is 12.0. The Morgan fingerprint density at radius 2 is 2.43 bits per heavy atom. The van der Waals surface area contributed by atoms with Gasteiger partial charge in [-0.05, 0) is 25.5 Å². The average Bonchev–Trinajstić information content (AvgIpc) is 3.09. The predicted molar refractivity (Wildman–Crippen MR) is 79.1 cm³/mol. The molecule has 2 aromatic heterocycles. The Bertz CT molecular complexity index is 632. The number of hydrogen-bond acceptors (Lipinski definition) is 5. The summed E-state index contributed by atoms with van der Waals surface area (Å²) in [6.45, 7) is 4.41. The summed E-state index contributed by atoms with van der Waals surface area (Å²) in [5, 5.41) is 9.69. The fraction of sp³-hybridized carbons (Fsp3) is 0.462. The SMILES string of the molecule is CCCn1c(SCC(=O)N[C@@H](C)c2ccco2)n[nH]c1=O. The number of hydrogen-bond donors (Lipinski definition) is 2. The number of carbonyl (C=O) groups excluding carboxylic acids is 1. The molecule has 0 unspecified atom stereocenters. The Morgan fingerprint density at radius 1 is 1.62 bits per heavy atom. The summed E-state index contributed by atoms with van der Waals surface area (Å²) in [5.74, 6) is 0.761. The number of furan rings is 1. The van der Waals surface area contributed by atoms with E-state index in [4.69, 9.17) is 4.42 Å². The molecule has 7 nitrogen and oxygen atoms in total. The third-order valence-electron chi connectivity index (χ3n) is 2.85. The van der Waals surface area contributed by atoms with Crippen LogP contribution in [0.3, 0.4) is 0 Å². The van der Waals surface area contributed by atoms with Gasteiger partial charge in [0.1, 0.15) is 5.76 Å². The maximum atomic E-state index is 11.9. The second-order valence-corrected chi connectivity index (χ2v) is 5.50. The molecular weight excluding hydrogens is 292 g/mol. The van der Waals surface area contributed by atoms with E-state index in [-0.39, 0.29) is 23.4 Å². The molecule has 1 amide bonds. The second kappa shape index (κ2) is 7.16. The predicted octanol–water partition coefficient (Wildman–Crippen LogP) is 1.54. The Hall–Kier alpha value is -1.96. The van der Waals surface area contributed by atoms with Gasteiger partial charge >= 0.3 is 5.69 Å². The van der Waals surface area contributed by atoms with E-state index in [0.717, 1.165) is 6.42 Å². The molecule has 1 atom stereocenters. The van der Waals surface area contributed by atoms with Crippen molar-refractivity contribution in [1.82, 2.24) is 20.1 Å². The number of H-pyrrole nitrogens is 1. The highest BCUT2D eigenvalue weighted by Crippen LogP contribution is 2.15. The molecule has 2 heterocycles. The van der Waals surface area contributed by atoms with Crippen molar-refractivity contribution in [3.8, 4) is 0 Å². The monoisotopic (exact) mass is 310 g/mol. The van der Waals surface area contributed by atoms with E-state index in [9.17, 15) is 9.59 Å². The number of amides is 1. The summed E-state index contributed by atoms with van der Waals surface area (Å²) in [6, 6.07) is 3.40. The molecule has 0 radical (unpaired) electrons. The molecule has 0 bridgehead atoms.